The van der Waals surface area contributed by atoms with Crippen molar-refractivity contribution in [1.29, 1.82) is 0 Å². The molecular formula is C18H30O2. The van der Waals surface area contributed by atoms with E-state index in [4.69, 9.17) is 4.74 Å². The van der Waals surface area contributed by atoms with E-state index in [1.54, 1.807) is 0 Å². The van der Waals surface area contributed by atoms with Gasteiger partial charge < -0.3 is 9.53 Å². The SMILES string of the molecule is C=CC(=C)C(C/C=C/COCCCCC=O)CCCC. The lowest BCUT2D eigenvalue weighted by atomic mass is 9.91. The van der Waals surface area contributed by atoms with Gasteiger partial charge in [-0.3, -0.25) is 0 Å². The van der Waals surface area contributed by atoms with Crippen molar-refractivity contribution < 1.29 is 9.53 Å². The molecule has 0 saturated carbocycles. The number of hydrogen-bond acceptors (Lipinski definition) is 2. The Morgan fingerprint density at radius 3 is 2.70 bits per heavy atom. The maximum atomic E-state index is 10.1. The van der Waals surface area contributed by atoms with Crippen molar-refractivity contribution in [3.05, 3.63) is 37.0 Å². The van der Waals surface area contributed by atoms with Gasteiger partial charge in [0.05, 0.1) is 6.61 Å². The fourth-order valence-electron chi connectivity index (χ4n) is 1.98. The Balaban J connectivity index is 3.73. The van der Waals surface area contributed by atoms with E-state index in [0.717, 1.165) is 37.7 Å². The predicted octanol–water partition coefficient (Wildman–Crippen LogP) is 4.87. The molecule has 0 aromatic heterocycles. The molecule has 1 unspecified atom stereocenters. The molecule has 0 N–H and O–H groups in total. The van der Waals surface area contributed by atoms with Crippen LogP contribution in [0.2, 0.25) is 0 Å². The molecule has 0 fully saturated rings. The summed E-state index contributed by atoms with van der Waals surface area (Å²) in [7, 11) is 0. The van der Waals surface area contributed by atoms with E-state index in [2.05, 4.69) is 32.2 Å². The number of ether oxygens (including phenoxy) is 1. The van der Waals surface area contributed by atoms with Gasteiger partial charge in [0.2, 0.25) is 0 Å². The number of rotatable bonds is 14. The number of aldehydes is 1. The van der Waals surface area contributed by atoms with E-state index >= 15 is 0 Å². The lowest BCUT2D eigenvalue weighted by Crippen LogP contribution is -2.01. The van der Waals surface area contributed by atoms with Crippen LogP contribution in [-0.2, 0) is 9.53 Å². The molecule has 2 heteroatoms. The van der Waals surface area contributed by atoms with Gasteiger partial charge in [0, 0.05) is 13.0 Å². The first-order chi connectivity index (χ1) is 9.76. The summed E-state index contributed by atoms with van der Waals surface area (Å²) in [5.41, 5.74) is 1.14. The zero-order valence-corrected chi connectivity index (χ0v) is 13.0. The van der Waals surface area contributed by atoms with Crippen molar-refractivity contribution in [3.63, 3.8) is 0 Å². The van der Waals surface area contributed by atoms with Crippen LogP contribution in [0.5, 0.6) is 0 Å². The highest BCUT2D eigenvalue weighted by atomic mass is 16.5. The van der Waals surface area contributed by atoms with Crippen molar-refractivity contribution in [2.45, 2.75) is 51.9 Å². The van der Waals surface area contributed by atoms with Gasteiger partial charge >= 0.3 is 0 Å². The Labute approximate surface area is 124 Å². The fraction of sp³-hybridized carbons (Fsp3) is 0.611. The molecule has 0 heterocycles. The van der Waals surface area contributed by atoms with Crippen molar-refractivity contribution >= 4 is 6.29 Å². The predicted molar refractivity (Wildman–Crippen MR) is 86.8 cm³/mol. The second-order valence-electron chi connectivity index (χ2n) is 5.06. The van der Waals surface area contributed by atoms with Crippen LogP contribution in [-0.4, -0.2) is 19.5 Å². The van der Waals surface area contributed by atoms with Crippen molar-refractivity contribution in [2.75, 3.05) is 13.2 Å². The maximum absolute atomic E-state index is 10.1. The Kier molecular flexibility index (Phi) is 13.4. The molecule has 0 amide bonds. The lowest BCUT2D eigenvalue weighted by Gasteiger charge is -2.14. The molecule has 1 atom stereocenters. The zero-order valence-electron chi connectivity index (χ0n) is 13.0. The van der Waals surface area contributed by atoms with Gasteiger partial charge in [0.1, 0.15) is 6.29 Å². The maximum Gasteiger partial charge on any atom is 0.119 e. The van der Waals surface area contributed by atoms with Crippen molar-refractivity contribution in [2.24, 2.45) is 5.92 Å². The number of allylic oxidation sites excluding steroid dienone is 3. The first-order valence-electron chi connectivity index (χ1n) is 7.73. The van der Waals surface area contributed by atoms with E-state index in [0.29, 0.717) is 18.9 Å². The van der Waals surface area contributed by atoms with Gasteiger partial charge in [0.15, 0.2) is 0 Å². The topological polar surface area (TPSA) is 26.3 Å². The van der Waals surface area contributed by atoms with E-state index in [1.165, 1.54) is 19.3 Å². The minimum atomic E-state index is 0.510. The highest BCUT2D eigenvalue weighted by Gasteiger charge is 2.07. The highest BCUT2D eigenvalue weighted by Crippen LogP contribution is 2.21. The van der Waals surface area contributed by atoms with Gasteiger partial charge in [-0.15, -0.1) is 0 Å². The molecule has 0 aromatic rings. The molecule has 0 bridgehead atoms. The van der Waals surface area contributed by atoms with Crippen LogP contribution in [0.3, 0.4) is 0 Å². The van der Waals surface area contributed by atoms with Gasteiger partial charge in [-0.25, -0.2) is 0 Å². The molecule has 0 aliphatic carbocycles. The molecule has 114 valence electrons. The zero-order chi connectivity index (χ0) is 15.1. The largest absolute Gasteiger partial charge is 0.377 e. The molecule has 0 spiro atoms. The standard InChI is InChI=1S/C18H30O2/c1-4-6-12-18(17(3)5-2)13-8-11-16-20-15-10-7-9-14-19/h5,8,11,14,18H,2-4,6-7,9-10,12-13,15-16H2,1H3/b11-8+. The first kappa shape index (κ1) is 18.9. The fourth-order valence-corrected chi connectivity index (χ4v) is 1.98. The number of unbranched alkanes of at least 4 members (excludes halogenated alkanes) is 3. The minimum absolute atomic E-state index is 0.510. The summed E-state index contributed by atoms with van der Waals surface area (Å²) in [5.74, 6) is 0.510. The summed E-state index contributed by atoms with van der Waals surface area (Å²) >= 11 is 0. The van der Waals surface area contributed by atoms with Crippen molar-refractivity contribution in [3.8, 4) is 0 Å². The molecular weight excluding hydrogens is 248 g/mol. The lowest BCUT2D eigenvalue weighted by molar-refractivity contribution is -0.107. The summed E-state index contributed by atoms with van der Waals surface area (Å²) in [6.07, 6.45) is 14.3. The van der Waals surface area contributed by atoms with E-state index in [-0.39, 0.29) is 0 Å². The molecule has 20 heavy (non-hydrogen) atoms. The normalized spacial score (nSPS) is 12.4. The summed E-state index contributed by atoms with van der Waals surface area (Å²) in [6.45, 7) is 11.5. The molecule has 0 rings (SSSR count). The van der Waals surface area contributed by atoms with Gasteiger partial charge in [-0.2, -0.15) is 0 Å². The van der Waals surface area contributed by atoms with E-state index < -0.39 is 0 Å². The summed E-state index contributed by atoms with van der Waals surface area (Å²) in [5, 5.41) is 0. The number of carbonyl (C=O) groups is 1. The van der Waals surface area contributed by atoms with Gasteiger partial charge in [0.25, 0.3) is 0 Å². The van der Waals surface area contributed by atoms with E-state index in [1.807, 2.05) is 6.08 Å². The Bertz CT molecular complexity index is 292. The Hall–Kier alpha value is -1.15. The molecule has 2 nitrogen and oxygen atoms in total. The summed E-state index contributed by atoms with van der Waals surface area (Å²) in [6, 6.07) is 0. The van der Waals surface area contributed by atoms with Crippen LogP contribution in [0.15, 0.2) is 37.0 Å². The Morgan fingerprint density at radius 1 is 1.25 bits per heavy atom. The monoisotopic (exact) mass is 278 g/mol. The van der Waals surface area contributed by atoms with Gasteiger partial charge in [-0.1, -0.05) is 56.7 Å². The smallest absolute Gasteiger partial charge is 0.119 e. The number of carbonyl (C=O) groups excluding carboxylic acids is 1. The average Bonchev–Trinajstić information content (AvgIpc) is 2.47. The van der Waals surface area contributed by atoms with Crippen molar-refractivity contribution in [1.82, 2.24) is 0 Å². The van der Waals surface area contributed by atoms with Crippen LogP contribution in [0.25, 0.3) is 0 Å². The average molecular weight is 278 g/mol. The van der Waals surface area contributed by atoms with Crippen LogP contribution in [0.4, 0.5) is 0 Å². The van der Waals surface area contributed by atoms with Crippen LogP contribution < -0.4 is 0 Å². The third-order valence-corrected chi connectivity index (χ3v) is 3.35. The third-order valence-electron chi connectivity index (χ3n) is 3.35. The molecule has 0 aromatic carbocycles. The minimum Gasteiger partial charge on any atom is -0.377 e. The molecule has 0 aliphatic rings. The second-order valence-corrected chi connectivity index (χ2v) is 5.06. The van der Waals surface area contributed by atoms with E-state index in [9.17, 15) is 4.79 Å². The molecule has 0 aliphatic heterocycles. The quantitative estimate of drug-likeness (QED) is 0.196. The van der Waals surface area contributed by atoms with Gasteiger partial charge in [-0.05, 0) is 31.6 Å². The Morgan fingerprint density at radius 2 is 2.05 bits per heavy atom. The van der Waals surface area contributed by atoms with Crippen LogP contribution in [0.1, 0.15) is 51.9 Å². The molecule has 0 saturated heterocycles. The number of hydrogen-bond donors (Lipinski definition) is 0. The highest BCUT2D eigenvalue weighted by molar-refractivity contribution is 5.48. The molecule has 0 radical (unpaired) electrons. The third kappa shape index (κ3) is 10.7. The first-order valence-corrected chi connectivity index (χ1v) is 7.73. The summed E-state index contributed by atoms with van der Waals surface area (Å²) < 4.78 is 5.48. The van der Waals surface area contributed by atoms with Crippen LogP contribution >= 0.6 is 0 Å². The second kappa shape index (κ2) is 14.3. The van der Waals surface area contributed by atoms with Crippen LogP contribution in [0, 0.1) is 5.92 Å². The summed E-state index contributed by atoms with van der Waals surface area (Å²) in [4.78, 5) is 10.1.